The van der Waals surface area contributed by atoms with Crippen LogP contribution in [0.3, 0.4) is 0 Å². The highest BCUT2D eigenvalue weighted by Crippen LogP contribution is 2.25. The van der Waals surface area contributed by atoms with Crippen LogP contribution in [0.15, 0.2) is 0 Å². The van der Waals surface area contributed by atoms with Crippen LogP contribution < -0.4 is 0 Å². The molecule has 2 rings (SSSR count). The van der Waals surface area contributed by atoms with E-state index in [9.17, 15) is 4.79 Å². The highest BCUT2D eigenvalue weighted by Gasteiger charge is 2.32. The molecule has 2 fully saturated rings. The number of thioether (sulfide) groups is 1. The maximum absolute atomic E-state index is 12.4. The summed E-state index contributed by atoms with van der Waals surface area (Å²) in [5, 5.41) is 0. The van der Waals surface area contributed by atoms with E-state index in [4.69, 9.17) is 16.3 Å². The summed E-state index contributed by atoms with van der Waals surface area (Å²) < 4.78 is 5.67. The van der Waals surface area contributed by atoms with Crippen molar-refractivity contribution in [1.29, 1.82) is 0 Å². The van der Waals surface area contributed by atoms with Crippen molar-refractivity contribution in [1.82, 2.24) is 4.90 Å². The van der Waals surface area contributed by atoms with Gasteiger partial charge in [-0.05, 0) is 25.0 Å². The number of ether oxygens (including phenoxy) is 1. The van der Waals surface area contributed by atoms with E-state index in [2.05, 4.69) is 0 Å². The molecule has 104 valence electrons. The lowest BCUT2D eigenvalue weighted by molar-refractivity contribution is -0.138. The molecule has 0 spiro atoms. The second-order valence-corrected chi connectivity index (χ2v) is 6.66. The lowest BCUT2D eigenvalue weighted by atomic mass is 10.1. The summed E-state index contributed by atoms with van der Waals surface area (Å²) in [7, 11) is 0. The summed E-state index contributed by atoms with van der Waals surface area (Å²) in [5.74, 6) is 2.75. The smallest absolute Gasteiger partial charge is 0.226 e. The van der Waals surface area contributed by atoms with Crippen molar-refractivity contribution in [3.8, 4) is 0 Å². The molecule has 3 atom stereocenters. The van der Waals surface area contributed by atoms with Crippen molar-refractivity contribution in [3.05, 3.63) is 0 Å². The van der Waals surface area contributed by atoms with E-state index in [0.717, 1.165) is 43.9 Å². The predicted octanol–water partition coefficient (Wildman–Crippen LogP) is 2.37. The minimum atomic E-state index is -0.0846. The van der Waals surface area contributed by atoms with Gasteiger partial charge in [0.05, 0.1) is 6.10 Å². The second-order valence-electron chi connectivity index (χ2n) is 5.20. The summed E-state index contributed by atoms with van der Waals surface area (Å²) in [6.45, 7) is 3.52. The van der Waals surface area contributed by atoms with Crippen LogP contribution in [0.4, 0.5) is 0 Å². The molecular weight excluding hydrogens is 270 g/mol. The molecule has 0 N–H and O–H groups in total. The Hall–Kier alpha value is 0.0700. The number of rotatable bonds is 5. The average Bonchev–Trinajstić information content (AvgIpc) is 3.06. The van der Waals surface area contributed by atoms with Gasteiger partial charge >= 0.3 is 0 Å². The molecule has 5 heteroatoms. The zero-order valence-electron chi connectivity index (χ0n) is 10.9. The summed E-state index contributed by atoms with van der Waals surface area (Å²) >= 11 is 7.77. The number of carbonyl (C=O) groups excluding carboxylic acids is 1. The van der Waals surface area contributed by atoms with Crippen LogP contribution in [-0.4, -0.2) is 53.5 Å². The number of amides is 1. The second kappa shape index (κ2) is 7.01. The molecule has 18 heavy (non-hydrogen) atoms. The Kier molecular flexibility index (Phi) is 5.64. The molecule has 0 aromatic carbocycles. The highest BCUT2D eigenvalue weighted by atomic mass is 35.5. The SMILES string of the molecule is CC(CCl)C(=O)N(CC1CCCO1)C1CCSC1. The van der Waals surface area contributed by atoms with Crippen LogP contribution in [0.5, 0.6) is 0 Å². The normalized spacial score (nSPS) is 29.4. The van der Waals surface area contributed by atoms with E-state index in [1.807, 2.05) is 23.6 Å². The fourth-order valence-electron chi connectivity index (χ4n) is 2.54. The summed E-state index contributed by atoms with van der Waals surface area (Å²) in [5.41, 5.74) is 0. The Balaban J connectivity index is 1.98. The third kappa shape index (κ3) is 3.55. The Bertz CT molecular complexity index is 278. The maximum atomic E-state index is 12.4. The van der Waals surface area contributed by atoms with Gasteiger partial charge in [-0.25, -0.2) is 0 Å². The topological polar surface area (TPSA) is 29.5 Å². The highest BCUT2D eigenvalue weighted by molar-refractivity contribution is 7.99. The molecule has 1 amide bonds. The van der Waals surface area contributed by atoms with E-state index >= 15 is 0 Å². The number of alkyl halides is 1. The van der Waals surface area contributed by atoms with Gasteiger partial charge in [-0.15, -0.1) is 11.6 Å². The molecule has 2 aliphatic rings. The zero-order chi connectivity index (χ0) is 13.0. The van der Waals surface area contributed by atoms with Gasteiger partial charge in [0, 0.05) is 36.7 Å². The van der Waals surface area contributed by atoms with Crippen molar-refractivity contribution in [2.75, 3.05) is 30.5 Å². The first-order chi connectivity index (χ1) is 8.72. The van der Waals surface area contributed by atoms with Crippen LogP contribution in [0.2, 0.25) is 0 Å². The van der Waals surface area contributed by atoms with Crippen LogP contribution in [0.25, 0.3) is 0 Å². The Morgan fingerprint density at radius 3 is 2.94 bits per heavy atom. The summed E-state index contributed by atoms with van der Waals surface area (Å²) in [6, 6.07) is 0.386. The van der Waals surface area contributed by atoms with Gasteiger partial charge in [0.15, 0.2) is 0 Å². The lowest BCUT2D eigenvalue weighted by Gasteiger charge is -2.32. The molecule has 0 bridgehead atoms. The number of halogens is 1. The number of hydrogen-bond acceptors (Lipinski definition) is 3. The Labute approximate surface area is 119 Å². The third-order valence-corrected chi connectivity index (χ3v) is 5.31. The predicted molar refractivity (Wildman–Crippen MR) is 76.3 cm³/mol. The molecule has 2 aliphatic heterocycles. The summed E-state index contributed by atoms with van der Waals surface area (Å²) in [4.78, 5) is 14.5. The van der Waals surface area contributed by atoms with E-state index in [-0.39, 0.29) is 17.9 Å². The van der Waals surface area contributed by atoms with Crippen LogP contribution in [-0.2, 0) is 9.53 Å². The standard InChI is InChI=1S/C13H22ClNO2S/c1-10(7-14)13(16)15(11-4-6-18-9-11)8-12-3-2-5-17-12/h10-12H,2-9H2,1H3. The molecule has 0 aromatic rings. The number of hydrogen-bond donors (Lipinski definition) is 0. The first-order valence-corrected chi connectivity index (χ1v) is 8.47. The molecule has 0 aromatic heterocycles. The first-order valence-electron chi connectivity index (χ1n) is 6.78. The Morgan fingerprint density at radius 2 is 2.39 bits per heavy atom. The van der Waals surface area contributed by atoms with E-state index < -0.39 is 0 Å². The quantitative estimate of drug-likeness (QED) is 0.729. The Morgan fingerprint density at radius 1 is 1.56 bits per heavy atom. The first kappa shape index (κ1) is 14.5. The molecule has 2 saturated heterocycles. The van der Waals surface area contributed by atoms with Crippen LogP contribution in [0.1, 0.15) is 26.2 Å². The van der Waals surface area contributed by atoms with Crippen molar-refractivity contribution in [2.24, 2.45) is 5.92 Å². The zero-order valence-corrected chi connectivity index (χ0v) is 12.5. The minimum absolute atomic E-state index is 0.0846. The van der Waals surface area contributed by atoms with E-state index in [1.165, 1.54) is 0 Å². The molecule has 2 heterocycles. The fourth-order valence-corrected chi connectivity index (χ4v) is 3.90. The van der Waals surface area contributed by atoms with Gasteiger partial charge in [0.2, 0.25) is 5.91 Å². The molecule has 3 unspecified atom stereocenters. The van der Waals surface area contributed by atoms with Gasteiger partial charge in [-0.1, -0.05) is 6.92 Å². The fraction of sp³-hybridized carbons (Fsp3) is 0.923. The van der Waals surface area contributed by atoms with Crippen molar-refractivity contribution in [3.63, 3.8) is 0 Å². The average molecular weight is 292 g/mol. The largest absolute Gasteiger partial charge is 0.376 e. The van der Waals surface area contributed by atoms with Crippen LogP contribution in [0, 0.1) is 5.92 Å². The molecule has 0 aliphatic carbocycles. The number of carbonyl (C=O) groups is 1. The van der Waals surface area contributed by atoms with Crippen molar-refractivity contribution in [2.45, 2.75) is 38.3 Å². The lowest BCUT2D eigenvalue weighted by Crippen LogP contribution is -2.47. The van der Waals surface area contributed by atoms with Gasteiger partial charge in [-0.2, -0.15) is 11.8 Å². The molecule has 0 saturated carbocycles. The van der Waals surface area contributed by atoms with Gasteiger partial charge in [-0.3, -0.25) is 4.79 Å². The van der Waals surface area contributed by atoms with Crippen LogP contribution >= 0.6 is 23.4 Å². The van der Waals surface area contributed by atoms with E-state index in [0.29, 0.717) is 11.9 Å². The van der Waals surface area contributed by atoms with Crippen molar-refractivity contribution < 1.29 is 9.53 Å². The van der Waals surface area contributed by atoms with Gasteiger partial charge < -0.3 is 9.64 Å². The van der Waals surface area contributed by atoms with Crippen molar-refractivity contribution >= 4 is 29.3 Å². The minimum Gasteiger partial charge on any atom is -0.376 e. The maximum Gasteiger partial charge on any atom is 0.226 e. The third-order valence-electron chi connectivity index (χ3n) is 3.71. The molecule has 3 nitrogen and oxygen atoms in total. The van der Waals surface area contributed by atoms with Gasteiger partial charge in [0.25, 0.3) is 0 Å². The number of nitrogens with zero attached hydrogens (tertiary/aromatic N) is 1. The van der Waals surface area contributed by atoms with E-state index in [1.54, 1.807) is 0 Å². The molecule has 0 radical (unpaired) electrons. The monoisotopic (exact) mass is 291 g/mol. The van der Waals surface area contributed by atoms with Gasteiger partial charge in [0.1, 0.15) is 0 Å². The summed E-state index contributed by atoms with van der Waals surface area (Å²) in [6.07, 6.45) is 3.55. The molecular formula is C13H22ClNO2S.